The molecule has 2 rings (SSSR count). The number of nitrogens with one attached hydrogen (secondary N) is 1. The molecule has 0 aliphatic heterocycles. The fourth-order valence-corrected chi connectivity index (χ4v) is 2.18. The van der Waals surface area contributed by atoms with Crippen LogP contribution in [0.1, 0.15) is 19.5 Å². The second-order valence-electron chi connectivity index (χ2n) is 5.15. The Morgan fingerprint density at radius 1 is 1.19 bits per heavy atom. The highest BCUT2D eigenvalue weighted by molar-refractivity contribution is 7.98. The number of aromatic nitrogens is 2. The van der Waals surface area contributed by atoms with Crippen molar-refractivity contribution < 1.29 is 4.74 Å². The monoisotopic (exact) mass is 303 g/mol. The van der Waals surface area contributed by atoms with Crippen LogP contribution in [-0.2, 0) is 6.54 Å². The molecule has 0 saturated heterocycles. The molecular weight excluding hydrogens is 282 g/mol. The van der Waals surface area contributed by atoms with Gasteiger partial charge in [-0.25, -0.2) is 4.98 Å². The first-order valence-corrected chi connectivity index (χ1v) is 8.23. The number of hydrogen-bond donors (Lipinski definition) is 1. The quantitative estimate of drug-likeness (QED) is 0.790. The number of rotatable bonds is 7. The first-order valence-electron chi connectivity index (χ1n) is 7.01. The van der Waals surface area contributed by atoms with Gasteiger partial charge in [-0.3, -0.25) is 4.98 Å². The summed E-state index contributed by atoms with van der Waals surface area (Å²) in [6.07, 6.45) is 5.44. The molecule has 0 amide bonds. The van der Waals surface area contributed by atoms with Crippen molar-refractivity contribution >= 4 is 11.8 Å². The summed E-state index contributed by atoms with van der Waals surface area (Å²) in [5.74, 6) is 1.91. The molecule has 4 nitrogen and oxygen atoms in total. The van der Waals surface area contributed by atoms with E-state index in [1.807, 2.05) is 24.3 Å². The minimum atomic E-state index is 0.524. The van der Waals surface area contributed by atoms with E-state index in [1.165, 1.54) is 4.90 Å². The van der Waals surface area contributed by atoms with Crippen LogP contribution < -0.4 is 10.1 Å². The van der Waals surface area contributed by atoms with Gasteiger partial charge in [0.25, 0.3) is 0 Å². The number of hydrogen-bond acceptors (Lipinski definition) is 5. The molecule has 0 radical (unpaired) electrons. The van der Waals surface area contributed by atoms with E-state index in [0.29, 0.717) is 18.3 Å². The van der Waals surface area contributed by atoms with Gasteiger partial charge in [-0.2, -0.15) is 0 Å². The average Bonchev–Trinajstić information content (AvgIpc) is 2.48. The molecule has 1 aromatic carbocycles. The lowest BCUT2D eigenvalue weighted by molar-refractivity contribution is 0.454. The van der Waals surface area contributed by atoms with Gasteiger partial charge in [0, 0.05) is 17.6 Å². The lowest BCUT2D eigenvalue weighted by Crippen LogP contribution is -2.19. The number of thioether (sulfide) groups is 1. The maximum absolute atomic E-state index is 5.74. The van der Waals surface area contributed by atoms with Crippen LogP contribution >= 0.6 is 11.8 Å². The average molecular weight is 303 g/mol. The van der Waals surface area contributed by atoms with Crippen LogP contribution in [0.15, 0.2) is 41.6 Å². The summed E-state index contributed by atoms with van der Waals surface area (Å²) >= 11 is 1.71. The summed E-state index contributed by atoms with van der Waals surface area (Å²) in [4.78, 5) is 9.84. The summed E-state index contributed by atoms with van der Waals surface area (Å²) < 4.78 is 5.74. The van der Waals surface area contributed by atoms with Crippen LogP contribution in [-0.4, -0.2) is 22.8 Å². The highest BCUT2D eigenvalue weighted by Gasteiger charge is 2.02. The fourth-order valence-electron chi connectivity index (χ4n) is 1.77. The molecule has 1 N–H and O–H groups in total. The van der Waals surface area contributed by atoms with Gasteiger partial charge in [0.05, 0.1) is 11.9 Å². The zero-order valence-corrected chi connectivity index (χ0v) is 13.5. The Bertz CT molecular complexity index is 558. The molecule has 0 unspecified atom stereocenters. The van der Waals surface area contributed by atoms with Crippen molar-refractivity contribution in [2.24, 2.45) is 5.92 Å². The molecule has 0 bridgehead atoms. The van der Waals surface area contributed by atoms with Gasteiger partial charge in [-0.05, 0) is 43.0 Å². The van der Waals surface area contributed by atoms with Crippen molar-refractivity contribution in [2.75, 3.05) is 12.8 Å². The van der Waals surface area contributed by atoms with Gasteiger partial charge in [0.15, 0.2) is 0 Å². The standard InChI is InChI=1S/C16H21N3OS/c1-12(2)8-17-9-13-10-18-11-16(19-13)20-14-4-6-15(21-3)7-5-14/h4-7,10-12,17H,8-9H2,1-3H3. The highest BCUT2D eigenvalue weighted by atomic mass is 32.2. The van der Waals surface area contributed by atoms with Crippen LogP contribution in [0.25, 0.3) is 0 Å². The zero-order chi connectivity index (χ0) is 15.1. The number of benzene rings is 1. The molecule has 0 aliphatic carbocycles. The highest BCUT2D eigenvalue weighted by Crippen LogP contribution is 2.22. The summed E-state index contributed by atoms with van der Waals surface area (Å²) in [5.41, 5.74) is 0.883. The minimum Gasteiger partial charge on any atom is -0.437 e. The zero-order valence-electron chi connectivity index (χ0n) is 12.7. The first-order chi connectivity index (χ1) is 10.2. The smallest absolute Gasteiger partial charge is 0.238 e. The van der Waals surface area contributed by atoms with E-state index < -0.39 is 0 Å². The third kappa shape index (κ3) is 5.36. The molecule has 5 heteroatoms. The summed E-state index contributed by atoms with van der Waals surface area (Å²) in [6.45, 7) is 6.02. The third-order valence-electron chi connectivity index (χ3n) is 2.80. The van der Waals surface area contributed by atoms with Gasteiger partial charge < -0.3 is 10.1 Å². The Hall–Kier alpha value is -1.59. The lowest BCUT2D eigenvalue weighted by Gasteiger charge is -2.08. The number of ether oxygens (including phenoxy) is 1. The molecule has 0 fully saturated rings. The minimum absolute atomic E-state index is 0.524. The van der Waals surface area contributed by atoms with E-state index in [-0.39, 0.29) is 0 Å². The van der Waals surface area contributed by atoms with Crippen molar-refractivity contribution in [3.8, 4) is 11.6 Å². The Kier molecular flexibility index (Phi) is 6.02. The largest absolute Gasteiger partial charge is 0.437 e. The molecule has 1 aromatic heterocycles. The Morgan fingerprint density at radius 3 is 2.62 bits per heavy atom. The maximum Gasteiger partial charge on any atom is 0.238 e. The van der Waals surface area contributed by atoms with Crippen molar-refractivity contribution in [1.82, 2.24) is 15.3 Å². The van der Waals surface area contributed by atoms with E-state index in [2.05, 4.69) is 35.4 Å². The predicted molar refractivity (Wildman–Crippen MR) is 86.9 cm³/mol. The van der Waals surface area contributed by atoms with E-state index in [0.717, 1.165) is 18.0 Å². The SMILES string of the molecule is CSc1ccc(Oc2cncc(CNCC(C)C)n2)cc1. The molecule has 0 aliphatic rings. The van der Waals surface area contributed by atoms with Crippen molar-refractivity contribution in [2.45, 2.75) is 25.3 Å². The Morgan fingerprint density at radius 2 is 1.95 bits per heavy atom. The second kappa shape index (κ2) is 8.00. The van der Waals surface area contributed by atoms with Gasteiger partial charge in [0.1, 0.15) is 5.75 Å². The van der Waals surface area contributed by atoms with E-state index in [9.17, 15) is 0 Å². The van der Waals surface area contributed by atoms with Crippen LogP contribution in [0.2, 0.25) is 0 Å². The van der Waals surface area contributed by atoms with Crippen LogP contribution in [0.4, 0.5) is 0 Å². The molecule has 1 heterocycles. The fraction of sp³-hybridized carbons (Fsp3) is 0.375. The second-order valence-corrected chi connectivity index (χ2v) is 6.03. The van der Waals surface area contributed by atoms with Gasteiger partial charge in [0.2, 0.25) is 5.88 Å². The molecule has 21 heavy (non-hydrogen) atoms. The van der Waals surface area contributed by atoms with E-state index >= 15 is 0 Å². The maximum atomic E-state index is 5.74. The topological polar surface area (TPSA) is 47.0 Å². The van der Waals surface area contributed by atoms with Crippen LogP contribution in [0.5, 0.6) is 11.6 Å². The molecule has 0 atom stereocenters. The van der Waals surface area contributed by atoms with Gasteiger partial charge in [-0.15, -0.1) is 11.8 Å². The third-order valence-corrected chi connectivity index (χ3v) is 3.55. The Labute approximate surface area is 130 Å². The van der Waals surface area contributed by atoms with Gasteiger partial charge in [-0.1, -0.05) is 13.8 Å². The first kappa shape index (κ1) is 15.8. The molecule has 112 valence electrons. The van der Waals surface area contributed by atoms with E-state index in [4.69, 9.17) is 4.74 Å². The predicted octanol–water partition coefficient (Wildman–Crippen LogP) is 3.74. The molecular formula is C16H21N3OS. The Balaban J connectivity index is 1.96. The number of nitrogens with zero attached hydrogens (tertiary/aromatic N) is 2. The summed E-state index contributed by atoms with van der Waals surface area (Å²) in [7, 11) is 0. The van der Waals surface area contributed by atoms with Crippen LogP contribution in [0.3, 0.4) is 0 Å². The molecule has 2 aromatic rings. The summed E-state index contributed by atoms with van der Waals surface area (Å²) in [5, 5.41) is 3.35. The lowest BCUT2D eigenvalue weighted by atomic mass is 10.2. The molecule has 0 saturated carbocycles. The normalized spacial score (nSPS) is 10.9. The van der Waals surface area contributed by atoms with Gasteiger partial charge >= 0.3 is 0 Å². The van der Waals surface area contributed by atoms with Crippen molar-refractivity contribution in [1.29, 1.82) is 0 Å². The van der Waals surface area contributed by atoms with E-state index in [1.54, 1.807) is 24.2 Å². The van der Waals surface area contributed by atoms with Crippen molar-refractivity contribution in [3.05, 3.63) is 42.4 Å². The molecule has 0 spiro atoms. The van der Waals surface area contributed by atoms with Crippen LogP contribution in [0, 0.1) is 5.92 Å². The summed E-state index contributed by atoms with van der Waals surface area (Å²) in [6, 6.07) is 7.94. The van der Waals surface area contributed by atoms with Crippen molar-refractivity contribution in [3.63, 3.8) is 0 Å².